The Morgan fingerprint density at radius 2 is 1.50 bits per heavy atom. The van der Waals surface area contributed by atoms with Gasteiger partial charge in [0.1, 0.15) is 0 Å². The number of halogens is 1. The van der Waals surface area contributed by atoms with E-state index in [0.29, 0.717) is 0 Å². The number of hydrogen-bond donors (Lipinski definition) is 2. The Bertz CT molecular complexity index is 37.9. The van der Waals surface area contributed by atoms with Crippen molar-refractivity contribution in [3.05, 3.63) is 0 Å². The summed E-state index contributed by atoms with van der Waals surface area (Å²) in [5.41, 5.74) is 0. The van der Waals surface area contributed by atoms with Crippen molar-refractivity contribution < 1.29 is 44.3 Å². The van der Waals surface area contributed by atoms with Gasteiger partial charge in [0.25, 0.3) is 11.4 Å². The van der Waals surface area contributed by atoms with Gasteiger partial charge >= 0.3 is 29.6 Å². The molecule has 0 spiro atoms. The van der Waals surface area contributed by atoms with E-state index in [1.165, 1.54) is 0 Å². The predicted molar refractivity (Wildman–Crippen MR) is 29.9 cm³/mol. The van der Waals surface area contributed by atoms with Crippen molar-refractivity contribution in [1.29, 1.82) is 0 Å². The molecule has 0 bridgehead atoms. The molecule has 3 nitrogen and oxygen atoms in total. The average Bonchev–Trinajstić information content (AvgIpc) is 0.811. The van der Waals surface area contributed by atoms with Crippen LogP contribution in [0, 0.1) is 0 Å². The molecule has 6 heteroatoms. The van der Waals surface area contributed by atoms with Gasteiger partial charge in [-0.2, -0.15) is 4.21 Å². The van der Waals surface area contributed by atoms with E-state index < -0.39 is 11.4 Å². The van der Waals surface area contributed by atoms with Crippen molar-refractivity contribution in [1.82, 2.24) is 0 Å². The maximum atomic E-state index is 8.67. The van der Waals surface area contributed by atoms with Gasteiger partial charge in [-0.3, -0.25) is 9.11 Å². The van der Waals surface area contributed by atoms with Gasteiger partial charge in [0.05, 0.1) is 0 Å². The summed E-state index contributed by atoms with van der Waals surface area (Å²) < 4.78 is 22.8. The molecule has 0 aliphatic heterocycles. The Morgan fingerprint density at radius 3 is 1.50 bits per heavy atom. The maximum absolute atomic E-state index is 8.67. The molecule has 0 aromatic rings. The topological polar surface area (TPSA) is 57.5 Å². The largest absolute Gasteiger partial charge is 1.00 e. The number of rotatable bonds is 0. The summed E-state index contributed by atoms with van der Waals surface area (Å²) in [4.78, 5) is 0. The molecular formula is H4INaO3S. The van der Waals surface area contributed by atoms with Gasteiger partial charge in [-0.25, -0.2) is 0 Å². The van der Waals surface area contributed by atoms with Crippen molar-refractivity contribution in [3.8, 4) is 0 Å². The Labute approximate surface area is 78.8 Å². The third-order valence-corrected chi connectivity index (χ3v) is 0. The van der Waals surface area contributed by atoms with Gasteiger partial charge in [-0.15, -0.1) is 24.0 Å². The fraction of sp³-hybridized carbons (Fsp3) is 0. The second kappa shape index (κ2) is 9.93. The molecule has 0 aromatic heterocycles. The molecule has 2 N–H and O–H groups in total. The average molecular weight is 234 g/mol. The van der Waals surface area contributed by atoms with Gasteiger partial charge in [0.2, 0.25) is 0 Å². The van der Waals surface area contributed by atoms with E-state index in [4.69, 9.17) is 13.3 Å². The minimum Gasteiger partial charge on any atom is -1.00 e. The summed E-state index contributed by atoms with van der Waals surface area (Å²) >= 11 is -2.61. The maximum Gasteiger partial charge on any atom is 1.00 e. The Balaban J connectivity index is -0.0000000150. The van der Waals surface area contributed by atoms with Crippen LogP contribution in [-0.4, -0.2) is 13.3 Å². The van der Waals surface area contributed by atoms with E-state index in [9.17, 15) is 0 Å². The zero-order chi connectivity index (χ0) is 3.58. The summed E-state index contributed by atoms with van der Waals surface area (Å²) in [6.45, 7) is 0. The predicted octanol–water partition coefficient (Wildman–Crippen LogP) is -2.58. The summed E-state index contributed by atoms with van der Waals surface area (Å²) in [7, 11) is 0. The van der Waals surface area contributed by atoms with Crippen LogP contribution in [0.5, 0.6) is 0 Å². The zero-order valence-electron chi connectivity index (χ0n) is 4.12. The second-order valence-corrected chi connectivity index (χ2v) is 0.692. The molecule has 36 valence electrons. The van der Waals surface area contributed by atoms with E-state index in [2.05, 4.69) is 0 Å². The zero-order valence-corrected chi connectivity index (χ0v) is 8.27. The van der Waals surface area contributed by atoms with E-state index in [-0.39, 0.29) is 55.0 Å². The van der Waals surface area contributed by atoms with Gasteiger partial charge in [0.15, 0.2) is 0 Å². The van der Waals surface area contributed by atoms with Crippen molar-refractivity contribution in [2.45, 2.75) is 0 Å². The van der Waals surface area contributed by atoms with Crippen molar-refractivity contribution >= 4 is 35.3 Å². The molecule has 0 atom stereocenters. The molecule has 6 heavy (non-hydrogen) atoms. The van der Waals surface area contributed by atoms with Crippen molar-refractivity contribution in [3.63, 3.8) is 0 Å². The van der Waals surface area contributed by atoms with Crippen molar-refractivity contribution in [2.24, 2.45) is 0 Å². The Morgan fingerprint density at radius 1 is 1.50 bits per heavy atom. The van der Waals surface area contributed by atoms with Gasteiger partial charge in [-0.1, -0.05) is 0 Å². The minimum atomic E-state index is -2.61. The first-order valence-electron chi connectivity index (χ1n) is 0.532. The second-order valence-electron chi connectivity index (χ2n) is 0.231. The molecule has 0 aliphatic carbocycles. The molecule has 0 radical (unpaired) electrons. The summed E-state index contributed by atoms with van der Waals surface area (Å²) in [6.07, 6.45) is 0. The van der Waals surface area contributed by atoms with Crippen LogP contribution < -0.4 is 29.6 Å². The summed E-state index contributed by atoms with van der Waals surface area (Å²) in [5, 5.41) is 0. The monoisotopic (exact) mass is 234 g/mol. The third-order valence-electron chi connectivity index (χ3n) is 0. The van der Waals surface area contributed by atoms with E-state index in [1.807, 2.05) is 0 Å². The first-order chi connectivity index (χ1) is 1.73. The van der Waals surface area contributed by atoms with Crippen molar-refractivity contribution in [2.75, 3.05) is 0 Å². The molecule has 0 fully saturated rings. The molecule has 0 heterocycles. The van der Waals surface area contributed by atoms with Crippen LogP contribution in [-0.2, 0) is 11.4 Å². The van der Waals surface area contributed by atoms with Crippen LogP contribution in [0.3, 0.4) is 0 Å². The van der Waals surface area contributed by atoms with Crippen LogP contribution in [0.1, 0.15) is 1.43 Å². The molecule has 0 saturated heterocycles. The van der Waals surface area contributed by atoms with Crippen LogP contribution in [0.15, 0.2) is 0 Å². The number of hydrogen-bond acceptors (Lipinski definition) is 1. The Hall–Kier alpha value is 1.80. The van der Waals surface area contributed by atoms with Crippen LogP contribution >= 0.6 is 24.0 Å². The summed E-state index contributed by atoms with van der Waals surface area (Å²) in [5.74, 6) is 0. The van der Waals surface area contributed by atoms with Crippen LogP contribution in [0.2, 0.25) is 0 Å². The van der Waals surface area contributed by atoms with Gasteiger partial charge in [0, 0.05) is 0 Å². The van der Waals surface area contributed by atoms with Crippen LogP contribution in [0.25, 0.3) is 0 Å². The minimum absolute atomic E-state index is 0. The molecular weight excluding hydrogens is 230 g/mol. The van der Waals surface area contributed by atoms with E-state index in [1.54, 1.807) is 0 Å². The quantitative estimate of drug-likeness (QED) is 0.275. The third kappa shape index (κ3) is 41.2. The smallest absolute Gasteiger partial charge is 1.00 e. The molecule has 0 amide bonds. The summed E-state index contributed by atoms with van der Waals surface area (Å²) in [6, 6.07) is 0. The Kier molecular flexibility index (Phi) is 25.9. The van der Waals surface area contributed by atoms with E-state index in [0.717, 1.165) is 0 Å². The first kappa shape index (κ1) is 15.7. The van der Waals surface area contributed by atoms with Gasteiger partial charge < -0.3 is 1.43 Å². The molecule has 0 rings (SSSR count). The fourth-order valence-corrected chi connectivity index (χ4v) is 0. The normalized spacial score (nSPS) is 5.83. The molecule has 0 saturated carbocycles. The standard InChI is InChI=1S/HI.Na.H2O3S.H/c;;1-4(2)3;/h1H;;(H2,1,2,3);/q;+1;;-1. The molecule has 0 unspecified atom stereocenters. The van der Waals surface area contributed by atoms with Crippen LogP contribution in [0.4, 0.5) is 0 Å². The van der Waals surface area contributed by atoms with Gasteiger partial charge in [-0.05, 0) is 0 Å². The molecule has 0 aliphatic rings. The first-order valence-corrected chi connectivity index (χ1v) is 1.60. The van der Waals surface area contributed by atoms with E-state index >= 15 is 0 Å². The molecule has 0 aromatic carbocycles. The fourth-order valence-electron chi connectivity index (χ4n) is 0. The SMILES string of the molecule is I.O=S(O)O.[H-].[Na+].